The molecule has 0 atom stereocenters. The second kappa shape index (κ2) is 6.71. The molecule has 1 saturated heterocycles. The quantitative estimate of drug-likeness (QED) is 0.919. The van der Waals surface area contributed by atoms with E-state index < -0.39 is 0 Å². The molecule has 0 spiro atoms. The van der Waals surface area contributed by atoms with Crippen molar-refractivity contribution in [3.05, 3.63) is 29.5 Å². The number of aromatic nitrogens is 1. The summed E-state index contributed by atoms with van der Waals surface area (Å²) in [5.74, 6) is 0.946. The number of piperazine rings is 1. The van der Waals surface area contributed by atoms with Crippen molar-refractivity contribution in [1.82, 2.24) is 14.8 Å². The predicted molar refractivity (Wildman–Crippen MR) is 91.8 cm³/mol. The minimum atomic E-state index is 0.946. The molecule has 0 aliphatic carbocycles. The summed E-state index contributed by atoms with van der Waals surface area (Å²) in [6.07, 6.45) is 2.36. The van der Waals surface area contributed by atoms with Crippen molar-refractivity contribution in [3.8, 4) is 5.75 Å². The molecule has 1 aromatic carbocycles. The first-order chi connectivity index (χ1) is 10.7. The second-order valence-corrected chi connectivity index (χ2v) is 6.20. The number of hydrogen-bond donors (Lipinski definition) is 1. The van der Waals surface area contributed by atoms with E-state index in [9.17, 15) is 0 Å². The molecule has 4 heteroatoms. The number of nitrogens with zero attached hydrogens (tertiary/aromatic N) is 2. The van der Waals surface area contributed by atoms with Gasteiger partial charge in [-0.05, 0) is 50.1 Å². The molecule has 0 amide bonds. The summed E-state index contributed by atoms with van der Waals surface area (Å²) in [6.45, 7) is 8.05. The minimum Gasteiger partial charge on any atom is -0.497 e. The van der Waals surface area contributed by atoms with E-state index in [0.717, 1.165) is 25.3 Å². The van der Waals surface area contributed by atoms with E-state index in [1.54, 1.807) is 7.11 Å². The van der Waals surface area contributed by atoms with Gasteiger partial charge in [0.2, 0.25) is 0 Å². The van der Waals surface area contributed by atoms with E-state index in [2.05, 4.69) is 40.9 Å². The molecule has 1 aliphatic rings. The van der Waals surface area contributed by atoms with Crippen molar-refractivity contribution in [2.75, 3.05) is 39.8 Å². The molecule has 2 heterocycles. The van der Waals surface area contributed by atoms with Gasteiger partial charge in [0.25, 0.3) is 0 Å². The van der Waals surface area contributed by atoms with Crippen LogP contribution in [0.4, 0.5) is 0 Å². The highest BCUT2D eigenvalue weighted by Crippen LogP contribution is 2.29. The summed E-state index contributed by atoms with van der Waals surface area (Å²) < 4.78 is 7.70. The van der Waals surface area contributed by atoms with Gasteiger partial charge in [-0.1, -0.05) is 0 Å². The molecular weight excluding hydrogens is 274 g/mol. The van der Waals surface area contributed by atoms with Crippen LogP contribution >= 0.6 is 0 Å². The van der Waals surface area contributed by atoms with Gasteiger partial charge in [-0.25, -0.2) is 0 Å². The number of rotatable bonds is 5. The van der Waals surface area contributed by atoms with E-state index in [0.29, 0.717) is 0 Å². The maximum absolute atomic E-state index is 5.40. The molecule has 1 aromatic heterocycles. The molecule has 0 saturated carbocycles. The normalized spacial score (nSPS) is 16.3. The van der Waals surface area contributed by atoms with Crippen molar-refractivity contribution < 1.29 is 4.74 Å². The van der Waals surface area contributed by atoms with E-state index in [1.165, 1.54) is 48.2 Å². The molecule has 1 aliphatic heterocycles. The first-order valence-corrected chi connectivity index (χ1v) is 8.25. The summed E-state index contributed by atoms with van der Waals surface area (Å²) in [4.78, 5) is 2.57. The van der Waals surface area contributed by atoms with Crippen LogP contribution < -0.4 is 10.1 Å². The van der Waals surface area contributed by atoms with Crippen LogP contribution in [-0.2, 0) is 13.5 Å². The van der Waals surface area contributed by atoms with Crippen LogP contribution in [0.25, 0.3) is 10.9 Å². The van der Waals surface area contributed by atoms with Gasteiger partial charge < -0.3 is 19.5 Å². The molecule has 4 nitrogen and oxygen atoms in total. The zero-order valence-corrected chi connectivity index (χ0v) is 14.0. The number of hydrogen-bond acceptors (Lipinski definition) is 3. The Balaban J connectivity index is 1.75. The van der Waals surface area contributed by atoms with Gasteiger partial charge in [0.1, 0.15) is 5.75 Å². The van der Waals surface area contributed by atoms with Crippen molar-refractivity contribution in [2.45, 2.75) is 19.8 Å². The first kappa shape index (κ1) is 15.4. The lowest BCUT2D eigenvalue weighted by Crippen LogP contribution is -2.43. The Morgan fingerprint density at radius 3 is 2.73 bits per heavy atom. The van der Waals surface area contributed by atoms with Crippen molar-refractivity contribution in [2.24, 2.45) is 7.05 Å². The molecule has 0 radical (unpaired) electrons. The van der Waals surface area contributed by atoms with Gasteiger partial charge >= 0.3 is 0 Å². The summed E-state index contributed by atoms with van der Waals surface area (Å²) in [5, 5.41) is 4.76. The Bertz CT molecular complexity index is 641. The fourth-order valence-corrected chi connectivity index (χ4v) is 3.48. The van der Waals surface area contributed by atoms with Crippen LogP contribution in [0, 0.1) is 6.92 Å². The highest BCUT2D eigenvalue weighted by molar-refractivity contribution is 5.86. The summed E-state index contributed by atoms with van der Waals surface area (Å²) >= 11 is 0. The standard InChI is InChI=1S/C18H27N3O/c1-14-16(5-4-10-21-11-8-19-9-12-21)17-13-15(22-3)6-7-18(17)20(14)2/h6-7,13,19H,4-5,8-12H2,1-3H3. The second-order valence-electron chi connectivity index (χ2n) is 6.20. The number of aryl methyl sites for hydroxylation is 2. The van der Waals surface area contributed by atoms with Crippen molar-refractivity contribution in [3.63, 3.8) is 0 Å². The van der Waals surface area contributed by atoms with Gasteiger partial charge in [0.15, 0.2) is 0 Å². The number of methoxy groups -OCH3 is 1. The highest BCUT2D eigenvalue weighted by Gasteiger charge is 2.14. The van der Waals surface area contributed by atoms with Gasteiger partial charge in [0.05, 0.1) is 7.11 Å². The third-order valence-corrected chi connectivity index (χ3v) is 4.94. The van der Waals surface area contributed by atoms with Gasteiger partial charge in [-0.15, -0.1) is 0 Å². The molecule has 1 fully saturated rings. The molecule has 2 aromatic rings. The van der Waals surface area contributed by atoms with Crippen LogP contribution in [0.15, 0.2) is 18.2 Å². The summed E-state index contributed by atoms with van der Waals surface area (Å²) in [5.41, 5.74) is 4.16. The average Bonchev–Trinajstić information content (AvgIpc) is 2.80. The predicted octanol–water partition coefficient (Wildman–Crippen LogP) is 2.33. The van der Waals surface area contributed by atoms with Gasteiger partial charge in [-0.2, -0.15) is 0 Å². The van der Waals surface area contributed by atoms with E-state index in [4.69, 9.17) is 4.74 Å². The monoisotopic (exact) mass is 301 g/mol. The average molecular weight is 301 g/mol. The number of nitrogens with one attached hydrogen (secondary N) is 1. The zero-order valence-electron chi connectivity index (χ0n) is 14.0. The molecule has 120 valence electrons. The SMILES string of the molecule is COc1ccc2c(c1)c(CCCN1CCNCC1)c(C)n2C. The Labute approximate surface area is 133 Å². The lowest BCUT2D eigenvalue weighted by Gasteiger charge is -2.27. The fourth-order valence-electron chi connectivity index (χ4n) is 3.48. The topological polar surface area (TPSA) is 29.4 Å². The molecular formula is C18H27N3O. The third kappa shape index (κ3) is 2.99. The fraction of sp³-hybridized carbons (Fsp3) is 0.556. The first-order valence-electron chi connectivity index (χ1n) is 8.25. The van der Waals surface area contributed by atoms with Crippen LogP contribution in [-0.4, -0.2) is 49.3 Å². The number of benzene rings is 1. The van der Waals surface area contributed by atoms with Crippen molar-refractivity contribution in [1.29, 1.82) is 0 Å². The van der Waals surface area contributed by atoms with E-state index >= 15 is 0 Å². The minimum absolute atomic E-state index is 0.946. The number of fused-ring (bicyclic) bond motifs is 1. The maximum atomic E-state index is 5.40. The Morgan fingerprint density at radius 1 is 1.23 bits per heavy atom. The van der Waals surface area contributed by atoms with Gasteiger partial charge in [0, 0.05) is 49.8 Å². The van der Waals surface area contributed by atoms with E-state index in [1.807, 2.05) is 6.07 Å². The lowest BCUT2D eigenvalue weighted by molar-refractivity contribution is 0.238. The van der Waals surface area contributed by atoms with Crippen LogP contribution in [0.3, 0.4) is 0 Å². The van der Waals surface area contributed by atoms with Crippen molar-refractivity contribution >= 4 is 10.9 Å². The van der Waals surface area contributed by atoms with Crippen LogP contribution in [0.5, 0.6) is 5.75 Å². The third-order valence-electron chi connectivity index (χ3n) is 4.94. The van der Waals surface area contributed by atoms with Crippen LogP contribution in [0.2, 0.25) is 0 Å². The highest BCUT2D eigenvalue weighted by atomic mass is 16.5. The summed E-state index contributed by atoms with van der Waals surface area (Å²) in [7, 11) is 3.89. The molecule has 0 bridgehead atoms. The van der Waals surface area contributed by atoms with Gasteiger partial charge in [-0.3, -0.25) is 0 Å². The zero-order chi connectivity index (χ0) is 15.5. The van der Waals surface area contributed by atoms with Crippen LogP contribution in [0.1, 0.15) is 17.7 Å². The van der Waals surface area contributed by atoms with E-state index in [-0.39, 0.29) is 0 Å². The summed E-state index contributed by atoms with van der Waals surface area (Å²) in [6, 6.07) is 6.40. The lowest BCUT2D eigenvalue weighted by atomic mass is 10.1. The largest absolute Gasteiger partial charge is 0.497 e. The Hall–Kier alpha value is -1.52. The molecule has 0 unspecified atom stereocenters. The maximum Gasteiger partial charge on any atom is 0.119 e. The molecule has 22 heavy (non-hydrogen) atoms. The Kier molecular flexibility index (Phi) is 4.69. The molecule has 1 N–H and O–H groups in total. The Morgan fingerprint density at radius 2 is 2.00 bits per heavy atom. The molecule has 3 rings (SSSR count). The number of ether oxygens (including phenoxy) is 1. The smallest absolute Gasteiger partial charge is 0.119 e.